The van der Waals surface area contributed by atoms with Crippen molar-refractivity contribution in [2.45, 2.75) is 26.4 Å². The Kier molecular flexibility index (Phi) is 5.02. The Morgan fingerprint density at radius 1 is 1.12 bits per heavy atom. The molecule has 1 heterocycles. The number of carbonyl (C=O) groups excluding carboxylic acids is 3. The number of benzene rings is 2. The van der Waals surface area contributed by atoms with E-state index < -0.39 is 12.1 Å². The van der Waals surface area contributed by atoms with Gasteiger partial charge in [0.25, 0.3) is 5.91 Å². The first-order chi connectivity index (χ1) is 12.5. The fourth-order valence-corrected chi connectivity index (χ4v) is 2.99. The number of carbonyl (C=O) groups is 3. The summed E-state index contributed by atoms with van der Waals surface area (Å²) in [7, 11) is 0. The molecule has 1 aliphatic heterocycles. The Morgan fingerprint density at radius 3 is 2.65 bits per heavy atom. The van der Waals surface area contributed by atoms with Crippen LogP contribution in [0, 0.1) is 0 Å². The van der Waals surface area contributed by atoms with E-state index in [9.17, 15) is 14.4 Å². The highest BCUT2D eigenvalue weighted by Gasteiger charge is 2.29. The quantitative estimate of drug-likeness (QED) is 0.859. The first-order valence-corrected chi connectivity index (χ1v) is 8.43. The summed E-state index contributed by atoms with van der Waals surface area (Å²) < 4.78 is 5.34. The van der Waals surface area contributed by atoms with Gasteiger partial charge in [-0.15, -0.1) is 0 Å². The molecule has 0 bridgehead atoms. The maximum Gasteiger partial charge on any atom is 0.338 e. The van der Waals surface area contributed by atoms with E-state index in [-0.39, 0.29) is 17.4 Å². The highest BCUT2D eigenvalue weighted by Crippen LogP contribution is 2.28. The third kappa shape index (κ3) is 3.74. The van der Waals surface area contributed by atoms with Crippen LogP contribution >= 0.6 is 0 Å². The van der Waals surface area contributed by atoms with Crippen LogP contribution in [0.15, 0.2) is 48.5 Å². The molecule has 0 saturated heterocycles. The number of hydrogen-bond acceptors (Lipinski definition) is 4. The monoisotopic (exact) mass is 352 g/mol. The number of para-hydroxylation sites is 1. The summed E-state index contributed by atoms with van der Waals surface area (Å²) in [6, 6.07) is 14.1. The van der Waals surface area contributed by atoms with Gasteiger partial charge < -0.3 is 15.0 Å². The number of amides is 2. The summed E-state index contributed by atoms with van der Waals surface area (Å²) in [5.41, 5.74) is 2.76. The summed E-state index contributed by atoms with van der Waals surface area (Å²) in [5, 5.41) is 2.61. The van der Waals surface area contributed by atoms with Crippen LogP contribution in [0.4, 0.5) is 11.4 Å². The van der Waals surface area contributed by atoms with Crippen molar-refractivity contribution in [1.29, 1.82) is 0 Å². The van der Waals surface area contributed by atoms with Crippen molar-refractivity contribution >= 4 is 29.2 Å². The zero-order chi connectivity index (χ0) is 18.7. The molecule has 0 unspecified atom stereocenters. The molecule has 6 nitrogen and oxygen atoms in total. The minimum Gasteiger partial charge on any atom is -0.449 e. The second kappa shape index (κ2) is 7.39. The number of rotatable bonds is 4. The molecule has 26 heavy (non-hydrogen) atoms. The SMILES string of the molecule is CC(=O)Nc1cccc(C(=O)O[C@@H](C)C(=O)N2CCc3ccccc32)c1. The molecule has 0 radical (unpaired) electrons. The molecule has 1 atom stereocenters. The Bertz CT molecular complexity index is 862. The summed E-state index contributed by atoms with van der Waals surface area (Å²) in [6.07, 6.45) is -0.112. The molecule has 2 amide bonds. The Hall–Kier alpha value is -3.15. The van der Waals surface area contributed by atoms with Crippen LogP contribution in [0.3, 0.4) is 0 Å². The zero-order valence-corrected chi connectivity index (χ0v) is 14.7. The van der Waals surface area contributed by atoms with Crippen molar-refractivity contribution in [2.75, 3.05) is 16.8 Å². The largest absolute Gasteiger partial charge is 0.449 e. The molecule has 0 fully saturated rings. The minimum absolute atomic E-state index is 0.230. The Morgan fingerprint density at radius 2 is 1.88 bits per heavy atom. The van der Waals surface area contributed by atoms with Gasteiger partial charge in [-0.2, -0.15) is 0 Å². The average molecular weight is 352 g/mol. The molecule has 2 aromatic rings. The maximum atomic E-state index is 12.7. The third-order valence-electron chi connectivity index (χ3n) is 4.20. The first kappa shape index (κ1) is 17.7. The van der Waals surface area contributed by atoms with Gasteiger partial charge in [-0.1, -0.05) is 24.3 Å². The van der Waals surface area contributed by atoms with E-state index in [0.717, 1.165) is 17.7 Å². The van der Waals surface area contributed by atoms with Crippen LogP contribution in [0.1, 0.15) is 29.8 Å². The molecule has 3 rings (SSSR count). The number of hydrogen-bond donors (Lipinski definition) is 1. The van der Waals surface area contributed by atoms with E-state index in [2.05, 4.69) is 5.32 Å². The minimum atomic E-state index is -0.905. The normalized spacial score (nSPS) is 13.7. The van der Waals surface area contributed by atoms with Crippen LogP contribution in [0.5, 0.6) is 0 Å². The van der Waals surface area contributed by atoms with Crippen molar-refractivity contribution in [3.05, 3.63) is 59.7 Å². The van der Waals surface area contributed by atoms with Gasteiger partial charge in [0.15, 0.2) is 6.10 Å². The van der Waals surface area contributed by atoms with Gasteiger partial charge in [0.05, 0.1) is 5.56 Å². The highest BCUT2D eigenvalue weighted by molar-refractivity contribution is 6.00. The molecule has 0 aliphatic carbocycles. The molecular weight excluding hydrogens is 332 g/mol. The zero-order valence-electron chi connectivity index (χ0n) is 14.7. The summed E-state index contributed by atoms with van der Waals surface area (Å²) in [5.74, 6) is -1.08. The van der Waals surface area contributed by atoms with E-state index in [1.165, 1.54) is 13.0 Å². The second-order valence-electron chi connectivity index (χ2n) is 6.18. The fourth-order valence-electron chi connectivity index (χ4n) is 2.99. The first-order valence-electron chi connectivity index (χ1n) is 8.43. The topological polar surface area (TPSA) is 75.7 Å². The molecule has 0 aromatic heterocycles. The van der Waals surface area contributed by atoms with Gasteiger partial charge in [0.2, 0.25) is 5.91 Å². The van der Waals surface area contributed by atoms with Gasteiger partial charge in [0.1, 0.15) is 0 Å². The Labute approximate surface area is 151 Å². The number of nitrogens with zero attached hydrogens (tertiary/aromatic N) is 1. The van der Waals surface area contributed by atoms with E-state index in [1.54, 1.807) is 30.0 Å². The molecule has 0 spiro atoms. The van der Waals surface area contributed by atoms with Crippen LogP contribution in [-0.4, -0.2) is 30.4 Å². The predicted octanol–water partition coefficient (Wildman–Crippen LogP) is 2.78. The van der Waals surface area contributed by atoms with Gasteiger partial charge in [-0.25, -0.2) is 4.79 Å². The second-order valence-corrected chi connectivity index (χ2v) is 6.18. The molecule has 134 valence electrons. The van der Waals surface area contributed by atoms with E-state index in [4.69, 9.17) is 4.74 Å². The molecule has 6 heteroatoms. The van der Waals surface area contributed by atoms with E-state index in [0.29, 0.717) is 12.2 Å². The third-order valence-corrected chi connectivity index (χ3v) is 4.20. The van der Waals surface area contributed by atoms with Crippen LogP contribution < -0.4 is 10.2 Å². The lowest BCUT2D eigenvalue weighted by Gasteiger charge is -2.21. The number of nitrogens with one attached hydrogen (secondary N) is 1. The Balaban J connectivity index is 1.68. The number of anilines is 2. The fraction of sp³-hybridized carbons (Fsp3) is 0.250. The van der Waals surface area contributed by atoms with Crippen LogP contribution in [-0.2, 0) is 20.7 Å². The van der Waals surface area contributed by atoms with Gasteiger partial charge in [-0.05, 0) is 43.2 Å². The molecule has 0 saturated carbocycles. The lowest BCUT2D eigenvalue weighted by atomic mass is 10.2. The molecular formula is C20H20N2O4. The number of fused-ring (bicyclic) bond motifs is 1. The average Bonchev–Trinajstić information content (AvgIpc) is 3.04. The van der Waals surface area contributed by atoms with Crippen molar-refractivity contribution in [3.63, 3.8) is 0 Å². The van der Waals surface area contributed by atoms with Crippen molar-refractivity contribution in [2.24, 2.45) is 0 Å². The van der Waals surface area contributed by atoms with Gasteiger partial charge in [0, 0.05) is 24.8 Å². The van der Waals surface area contributed by atoms with Gasteiger partial charge in [-0.3, -0.25) is 9.59 Å². The maximum absolute atomic E-state index is 12.7. The molecule has 2 aromatic carbocycles. The predicted molar refractivity (Wildman–Crippen MR) is 98.1 cm³/mol. The number of esters is 1. The number of ether oxygens (including phenoxy) is 1. The van der Waals surface area contributed by atoms with Crippen LogP contribution in [0.25, 0.3) is 0 Å². The van der Waals surface area contributed by atoms with E-state index >= 15 is 0 Å². The van der Waals surface area contributed by atoms with Crippen molar-refractivity contribution in [3.8, 4) is 0 Å². The standard InChI is InChI=1S/C20H20N2O4/c1-13(19(24)22-11-10-15-6-3-4-9-18(15)22)26-20(25)16-7-5-8-17(12-16)21-14(2)23/h3-9,12-13H,10-11H2,1-2H3,(H,21,23)/t13-/m0/s1. The van der Waals surface area contributed by atoms with Crippen molar-refractivity contribution < 1.29 is 19.1 Å². The summed E-state index contributed by atoms with van der Waals surface area (Å²) in [6.45, 7) is 3.54. The highest BCUT2D eigenvalue weighted by atomic mass is 16.5. The molecule has 1 N–H and O–H groups in total. The van der Waals surface area contributed by atoms with Crippen LogP contribution in [0.2, 0.25) is 0 Å². The lowest BCUT2D eigenvalue weighted by Crippen LogP contribution is -2.39. The molecule has 1 aliphatic rings. The summed E-state index contributed by atoms with van der Waals surface area (Å²) >= 11 is 0. The lowest BCUT2D eigenvalue weighted by molar-refractivity contribution is -0.126. The van der Waals surface area contributed by atoms with E-state index in [1.807, 2.05) is 24.3 Å². The van der Waals surface area contributed by atoms with Crippen molar-refractivity contribution in [1.82, 2.24) is 0 Å². The summed E-state index contributed by atoms with van der Waals surface area (Å²) in [4.78, 5) is 37.8. The smallest absolute Gasteiger partial charge is 0.338 e. The van der Waals surface area contributed by atoms with Gasteiger partial charge >= 0.3 is 5.97 Å².